The monoisotopic (exact) mass is 483 g/mol. The first kappa shape index (κ1) is 25.1. The summed E-state index contributed by atoms with van der Waals surface area (Å²) in [7, 11) is 0. The molecule has 1 aromatic heterocycles. The molecule has 0 aliphatic carbocycles. The van der Waals surface area contributed by atoms with Gasteiger partial charge in [0.25, 0.3) is 0 Å². The van der Waals surface area contributed by atoms with Crippen molar-refractivity contribution in [1.82, 2.24) is 19.8 Å². The molecule has 0 amide bonds. The van der Waals surface area contributed by atoms with E-state index in [1.807, 2.05) is 32.0 Å². The van der Waals surface area contributed by atoms with Gasteiger partial charge in [-0.3, -0.25) is 14.6 Å². The molecule has 2 aromatic rings. The van der Waals surface area contributed by atoms with Gasteiger partial charge in [-0.05, 0) is 69.5 Å². The van der Waals surface area contributed by atoms with Crippen LogP contribution < -0.4 is 4.90 Å². The fourth-order valence-electron chi connectivity index (χ4n) is 5.34. The van der Waals surface area contributed by atoms with E-state index in [0.717, 1.165) is 68.8 Å². The Balaban J connectivity index is 1.35. The van der Waals surface area contributed by atoms with Gasteiger partial charge in [-0.15, -0.1) is 0 Å². The lowest BCUT2D eigenvalue weighted by atomic mass is 9.98. The molecule has 34 heavy (non-hydrogen) atoms. The molecule has 1 aromatic carbocycles. The molecule has 0 bridgehead atoms. The maximum Gasteiger partial charge on any atom is 0.226 e. The molecule has 7 heteroatoms. The summed E-state index contributed by atoms with van der Waals surface area (Å²) in [5.41, 5.74) is 2.76. The second-order valence-corrected chi connectivity index (χ2v) is 10.2. The van der Waals surface area contributed by atoms with Crippen LogP contribution in [0.1, 0.15) is 67.7 Å². The molecule has 0 saturated carbocycles. The zero-order valence-corrected chi connectivity index (χ0v) is 21.6. The molecule has 2 aliphatic rings. The highest BCUT2D eigenvalue weighted by Gasteiger charge is 2.34. The van der Waals surface area contributed by atoms with Crippen molar-refractivity contribution >= 4 is 23.3 Å². The van der Waals surface area contributed by atoms with Crippen LogP contribution in [0.25, 0.3) is 0 Å². The Morgan fingerprint density at radius 3 is 2.47 bits per heavy atom. The summed E-state index contributed by atoms with van der Waals surface area (Å²) in [6.07, 6.45) is 4.90. The number of carbonyl (C=O) groups excluding carboxylic acids is 1. The van der Waals surface area contributed by atoms with Gasteiger partial charge in [-0.1, -0.05) is 37.6 Å². The Morgan fingerprint density at radius 1 is 1.06 bits per heavy atom. The van der Waals surface area contributed by atoms with Gasteiger partial charge in [-0.25, -0.2) is 9.97 Å². The maximum absolute atomic E-state index is 12.4. The minimum atomic E-state index is 0.116. The number of hydrogen-bond donors (Lipinski definition) is 0. The second-order valence-electron chi connectivity index (χ2n) is 9.75. The van der Waals surface area contributed by atoms with Gasteiger partial charge in [0.15, 0.2) is 5.78 Å². The van der Waals surface area contributed by atoms with E-state index >= 15 is 0 Å². The highest BCUT2D eigenvalue weighted by molar-refractivity contribution is 6.30. The molecular formula is C27H38ClN5O. The third kappa shape index (κ3) is 6.15. The number of carbonyl (C=O) groups is 1. The normalized spacial score (nSPS) is 20.6. The summed E-state index contributed by atoms with van der Waals surface area (Å²) in [6, 6.07) is 11.2. The van der Waals surface area contributed by atoms with E-state index < -0.39 is 0 Å². The molecule has 0 unspecified atom stereocenters. The number of nitrogens with zero attached hydrogens (tertiary/aromatic N) is 5. The van der Waals surface area contributed by atoms with Crippen molar-refractivity contribution in [1.29, 1.82) is 0 Å². The quantitative estimate of drug-likeness (QED) is 0.493. The Labute approximate surface area is 209 Å². The molecular weight excluding hydrogens is 446 g/mol. The lowest BCUT2D eigenvalue weighted by Gasteiger charge is -2.47. The van der Waals surface area contributed by atoms with Crippen molar-refractivity contribution in [3.8, 4) is 0 Å². The SMILES string of the molecule is CCCC(=O)c1cc(C)nc(N2CCN(C3CCN(Cc4ccc(Cl)cc4)CC3)[C@@H](CC)C2)n1. The largest absolute Gasteiger partial charge is 0.338 e. The first-order valence-corrected chi connectivity index (χ1v) is 13.2. The number of piperidine rings is 1. The third-order valence-electron chi connectivity index (χ3n) is 7.23. The number of halogens is 1. The van der Waals surface area contributed by atoms with Gasteiger partial charge in [0.05, 0.1) is 0 Å². The third-order valence-corrected chi connectivity index (χ3v) is 7.49. The van der Waals surface area contributed by atoms with Crippen LogP contribution in [-0.4, -0.2) is 70.4 Å². The van der Waals surface area contributed by atoms with Crippen LogP contribution in [0.3, 0.4) is 0 Å². The Bertz CT molecular complexity index is 958. The van der Waals surface area contributed by atoms with Gasteiger partial charge in [0, 0.05) is 55.4 Å². The molecule has 0 spiro atoms. The van der Waals surface area contributed by atoms with Crippen LogP contribution in [-0.2, 0) is 6.54 Å². The molecule has 2 aliphatic heterocycles. The smallest absolute Gasteiger partial charge is 0.226 e. The van der Waals surface area contributed by atoms with Crippen LogP contribution in [0, 0.1) is 6.92 Å². The van der Waals surface area contributed by atoms with E-state index in [0.29, 0.717) is 24.2 Å². The van der Waals surface area contributed by atoms with Crippen LogP contribution in [0.15, 0.2) is 30.3 Å². The zero-order valence-electron chi connectivity index (χ0n) is 20.8. The second kappa shape index (κ2) is 11.6. The molecule has 184 valence electrons. The van der Waals surface area contributed by atoms with Gasteiger partial charge in [0.2, 0.25) is 5.95 Å². The minimum Gasteiger partial charge on any atom is -0.338 e. The van der Waals surface area contributed by atoms with Crippen molar-refractivity contribution in [3.05, 3.63) is 52.3 Å². The van der Waals surface area contributed by atoms with Crippen molar-refractivity contribution < 1.29 is 4.79 Å². The fourth-order valence-corrected chi connectivity index (χ4v) is 5.47. The van der Waals surface area contributed by atoms with E-state index in [1.165, 1.54) is 18.4 Å². The summed E-state index contributed by atoms with van der Waals surface area (Å²) in [4.78, 5) is 29.4. The molecule has 6 nitrogen and oxygen atoms in total. The van der Waals surface area contributed by atoms with Gasteiger partial charge < -0.3 is 4.90 Å². The molecule has 1 atom stereocenters. The average molecular weight is 484 g/mol. The summed E-state index contributed by atoms with van der Waals surface area (Å²) in [5, 5.41) is 0.798. The van der Waals surface area contributed by atoms with E-state index in [-0.39, 0.29) is 5.78 Å². The number of Topliss-reactive ketones (excluding diaryl/α,β-unsaturated/α-hetero) is 1. The Kier molecular flexibility index (Phi) is 8.56. The first-order valence-electron chi connectivity index (χ1n) is 12.8. The molecule has 0 N–H and O–H groups in total. The lowest BCUT2D eigenvalue weighted by molar-refractivity contribution is 0.0608. The summed E-state index contributed by atoms with van der Waals surface area (Å²) in [6.45, 7) is 12.4. The Morgan fingerprint density at radius 2 is 1.79 bits per heavy atom. The summed E-state index contributed by atoms with van der Waals surface area (Å²) in [5.74, 6) is 0.834. The lowest BCUT2D eigenvalue weighted by Crippen LogP contribution is -2.58. The van der Waals surface area contributed by atoms with Gasteiger partial charge in [0.1, 0.15) is 5.69 Å². The predicted molar refractivity (Wildman–Crippen MR) is 139 cm³/mol. The number of likely N-dealkylation sites (tertiary alicyclic amines) is 1. The molecule has 0 radical (unpaired) electrons. The maximum atomic E-state index is 12.4. The number of benzene rings is 1. The number of ketones is 1. The van der Waals surface area contributed by atoms with Crippen molar-refractivity contribution in [2.24, 2.45) is 0 Å². The highest BCUT2D eigenvalue weighted by Crippen LogP contribution is 2.26. The van der Waals surface area contributed by atoms with Gasteiger partial charge in [-0.2, -0.15) is 0 Å². The average Bonchev–Trinajstić information content (AvgIpc) is 2.85. The number of rotatable bonds is 8. The number of aromatic nitrogens is 2. The highest BCUT2D eigenvalue weighted by atomic mass is 35.5. The topological polar surface area (TPSA) is 52.6 Å². The Hall–Kier alpha value is -2.02. The van der Waals surface area contributed by atoms with Crippen molar-refractivity contribution in [2.45, 2.75) is 71.5 Å². The minimum absolute atomic E-state index is 0.116. The van der Waals surface area contributed by atoms with Crippen LogP contribution in [0.2, 0.25) is 5.02 Å². The summed E-state index contributed by atoms with van der Waals surface area (Å²) < 4.78 is 0. The number of hydrogen-bond acceptors (Lipinski definition) is 6. The fraction of sp³-hybridized carbons (Fsp3) is 0.593. The summed E-state index contributed by atoms with van der Waals surface area (Å²) >= 11 is 6.03. The predicted octanol–water partition coefficient (Wildman–Crippen LogP) is 4.99. The molecule has 2 saturated heterocycles. The first-order chi connectivity index (χ1) is 16.5. The zero-order chi connectivity index (χ0) is 24.1. The standard InChI is InChI=1S/C27H38ClN5O/c1-4-6-26(34)25-17-20(3)29-27(30-25)32-15-16-33(23(5-2)19-32)24-11-13-31(14-12-24)18-21-7-9-22(28)10-8-21/h7-10,17,23-24H,4-6,11-16,18-19H2,1-3H3/t23-/m0/s1. The van der Waals surface area contributed by atoms with Crippen LogP contribution in [0.4, 0.5) is 5.95 Å². The molecule has 2 fully saturated rings. The van der Waals surface area contributed by atoms with E-state index in [1.54, 1.807) is 0 Å². The molecule has 3 heterocycles. The van der Waals surface area contributed by atoms with Gasteiger partial charge >= 0.3 is 0 Å². The number of anilines is 1. The van der Waals surface area contributed by atoms with E-state index in [2.05, 4.69) is 38.7 Å². The van der Waals surface area contributed by atoms with Crippen LogP contribution >= 0.6 is 11.6 Å². The van der Waals surface area contributed by atoms with Crippen molar-refractivity contribution in [2.75, 3.05) is 37.6 Å². The number of piperazine rings is 1. The van der Waals surface area contributed by atoms with Crippen molar-refractivity contribution in [3.63, 3.8) is 0 Å². The van der Waals surface area contributed by atoms with Crippen LogP contribution in [0.5, 0.6) is 0 Å². The molecule has 4 rings (SSSR count). The van der Waals surface area contributed by atoms with E-state index in [4.69, 9.17) is 16.6 Å². The number of aryl methyl sites for hydroxylation is 1. The van der Waals surface area contributed by atoms with E-state index in [9.17, 15) is 4.79 Å².